The topological polar surface area (TPSA) is 54.9 Å². The lowest BCUT2D eigenvalue weighted by atomic mass is 10.1. The summed E-state index contributed by atoms with van der Waals surface area (Å²) in [4.78, 5) is 21.2. The summed E-state index contributed by atoms with van der Waals surface area (Å²) >= 11 is 7.32. The number of rotatable bonds is 2. The molecule has 1 aromatic heterocycles. The number of aromatic nitrogens is 2. The number of hydrogen-bond donors (Lipinski definition) is 1. The molecular formula is C13H10ClN3OS. The zero-order valence-corrected chi connectivity index (χ0v) is 11.4. The first-order valence-corrected chi connectivity index (χ1v) is 7.02. The van der Waals surface area contributed by atoms with Gasteiger partial charge >= 0.3 is 0 Å². The normalized spacial score (nSPS) is 17.0. The maximum absolute atomic E-state index is 12.1. The van der Waals surface area contributed by atoms with Crippen molar-refractivity contribution in [3.8, 4) is 0 Å². The third-order valence-electron chi connectivity index (χ3n) is 2.80. The SMILES string of the molecule is O=C(Nc1nccc(Cl)n1)C1Cc2ccccc2S1. The van der Waals surface area contributed by atoms with Crippen LogP contribution in [0.2, 0.25) is 5.15 Å². The van der Waals surface area contributed by atoms with Crippen molar-refractivity contribution in [1.29, 1.82) is 0 Å². The molecule has 0 aliphatic carbocycles. The molecule has 0 saturated carbocycles. The second-order valence-electron chi connectivity index (χ2n) is 4.11. The molecule has 0 fully saturated rings. The van der Waals surface area contributed by atoms with Crippen LogP contribution in [0.1, 0.15) is 5.56 Å². The van der Waals surface area contributed by atoms with Gasteiger partial charge in [0, 0.05) is 11.1 Å². The lowest BCUT2D eigenvalue weighted by Gasteiger charge is -2.08. The highest BCUT2D eigenvalue weighted by Gasteiger charge is 2.28. The number of halogens is 1. The first-order valence-electron chi connectivity index (χ1n) is 5.76. The fourth-order valence-corrected chi connectivity index (χ4v) is 3.25. The number of nitrogens with zero attached hydrogens (tertiary/aromatic N) is 2. The first kappa shape index (κ1) is 12.4. The Morgan fingerprint density at radius 1 is 1.37 bits per heavy atom. The summed E-state index contributed by atoms with van der Waals surface area (Å²) in [6, 6.07) is 9.61. The highest BCUT2D eigenvalue weighted by molar-refractivity contribution is 8.01. The van der Waals surface area contributed by atoms with E-state index >= 15 is 0 Å². The van der Waals surface area contributed by atoms with Gasteiger partial charge in [-0.1, -0.05) is 29.8 Å². The van der Waals surface area contributed by atoms with Crippen molar-refractivity contribution in [2.75, 3.05) is 5.32 Å². The Balaban J connectivity index is 1.70. The fraction of sp³-hybridized carbons (Fsp3) is 0.154. The van der Waals surface area contributed by atoms with E-state index in [0.29, 0.717) is 5.15 Å². The molecule has 0 bridgehead atoms. The predicted octanol–water partition coefficient (Wildman–Crippen LogP) is 2.79. The standard InChI is InChI=1S/C13H10ClN3OS/c14-11-5-6-15-13(16-11)17-12(18)10-7-8-3-1-2-4-9(8)19-10/h1-6,10H,7H2,(H,15,16,17,18). The first-order chi connectivity index (χ1) is 9.22. The number of benzene rings is 1. The van der Waals surface area contributed by atoms with E-state index in [1.54, 1.807) is 17.8 Å². The molecule has 0 spiro atoms. The molecule has 96 valence electrons. The van der Waals surface area contributed by atoms with E-state index in [9.17, 15) is 4.79 Å². The van der Waals surface area contributed by atoms with Crippen molar-refractivity contribution < 1.29 is 4.79 Å². The maximum Gasteiger partial charge on any atom is 0.240 e. The van der Waals surface area contributed by atoms with Gasteiger partial charge < -0.3 is 0 Å². The highest BCUT2D eigenvalue weighted by atomic mass is 35.5. The van der Waals surface area contributed by atoms with Crippen LogP contribution in [0.15, 0.2) is 41.4 Å². The van der Waals surface area contributed by atoms with Gasteiger partial charge in [-0.2, -0.15) is 0 Å². The largest absolute Gasteiger partial charge is 0.293 e. The van der Waals surface area contributed by atoms with Crippen molar-refractivity contribution in [2.45, 2.75) is 16.6 Å². The molecule has 1 aliphatic heterocycles. The molecular weight excluding hydrogens is 282 g/mol. The summed E-state index contributed by atoms with van der Waals surface area (Å²) in [5, 5.41) is 2.87. The van der Waals surface area contributed by atoms with Crippen molar-refractivity contribution in [2.24, 2.45) is 0 Å². The molecule has 6 heteroatoms. The number of amides is 1. The molecule has 2 aromatic rings. The van der Waals surface area contributed by atoms with E-state index in [4.69, 9.17) is 11.6 Å². The molecule has 4 nitrogen and oxygen atoms in total. The van der Waals surface area contributed by atoms with Crippen molar-refractivity contribution in [3.63, 3.8) is 0 Å². The maximum atomic E-state index is 12.1. The van der Waals surface area contributed by atoms with Crippen LogP contribution in [0.25, 0.3) is 0 Å². The number of fused-ring (bicyclic) bond motifs is 1. The van der Waals surface area contributed by atoms with Crippen LogP contribution in [-0.4, -0.2) is 21.1 Å². The summed E-state index contributed by atoms with van der Waals surface area (Å²) in [7, 11) is 0. The van der Waals surface area contributed by atoms with Crippen molar-refractivity contribution in [3.05, 3.63) is 47.2 Å². The molecule has 0 saturated heterocycles. The summed E-state index contributed by atoms with van der Waals surface area (Å²) in [5.41, 5.74) is 1.21. The van der Waals surface area contributed by atoms with Crippen molar-refractivity contribution in [1.82, 2.24) is 9.97 Å². The van der Waals surface area contributed by atoms with Crippen LogP contribution in [0.4, 0.5) is 5.95 Å². The Morgan fingerprint density at radius 2 is 2.21 bits per heavy atom. The van der Waals surface area contributed by atoms with E-state index in [2.05, 4.69) is 15.3 Å². The Labute approximate surface area is 119 Å². The average Bonchev–Trinajstić information content (AvgIpc) is 2.82. The van der Waals surface area contributed by atoms with E-state index in [1.165, 1.54) is 11.8 Å². The zero-order valence-electron chi connectivity index (χ0n) is 9.84. The van der Waals surface area contributed by atoms with Gasteiger partial charge in [-0.3, -0.25) is 10.1 Å². The number of carbonyl (C=O) groups is 1. The molecule has 1 amide bonds. The molecule has 1 aliphatic rings. The van der Waals surface area contributed by atoms with Gasteiger partial charge in [0.25, 0.3) is 0 Å². The minimum absolute atomic E-state index is 0.0940. The third-order valence-corrected chi connectivity index (χ3v) is 4.32. The molecule has 1 aromatic carbocycles. The van der Waals surface area contributed by atoms with Crippen LogP contribution >= 0.6 is 23.4 Å². The monoisotopic (exact) mass is 291 g/mol. The number of hydrogen-bond acceptors (Lipinski definition) is 4. The number of nitrogens with one attached hydrogen (secondary N) is 1. The average molecular weight is 292 g/mol. The van der Waals surface area contributed by atoms with E-state index < -0.39 is 0 Å². The second kappa shape index (κ2) is 5.19. The predicted molar refractivity (Wildman–Crippen MR) is 75.5 cm³/mol. The van der Waals surface area contributed by atoms with Gasteiger partial charge in [-0.15, -0.1) is 11.8 Å². The Morgan fingerprint density at radius 3 is 3.00 bits per heavy atom. The van der Waals surface area contributed by atoms with Gasteiger partial charge in [-0.05, 0) is 24.1 Å². The van der Waals surface area contributed by atoms with Gasteiger partial charge in [0.2, 0.25) is 11.9 Å². The van der Waals surface area contributed by atoms with E-state index in [0.717, 1.165) is 11.3 Å². The van der Waals surface area contributed by atoms with Crippen LogP contribution in [0.3, 0.4) is 0 Å². The molecule has 1 unspecified atom stereocenters. The lowest BCUT2D eigenvalue weighted by molar-refractivity contribution is -0.115. The minimum atomic E-state index is -0.139. The molecule has 3 rings (SSSR count). The molecule has 19 heavy (non-hydrogen) atoms. The summed E-state index contributed by atoms with van der Waals surface area (Å²) in [5.74, 6) is 0.150. The van der Waals surface area contributed by atoms with Crippen molar-refractivity contribution >= 4 is 35.2 Å². The lowest BCUT2D eigenvalue weighted by Crippen LogP contribution is -2.25. The number of anilines is 1. The molecule has 2 heterocycles. The van der Waals surface area contributed by atoms with Gasteiger partial charge in [0.1, 0.15) is 5.15 Å². The molecule has 1 N–H and O–H groups in total. The smallest absolute Gasteiger partial charge is 0.240 e. The fourth-order valence-electron chi connectivity index (χ4n) is 1.92. The zero-order chi connectivity index (χ0) is 13.2. The van der Waals surface area contributed by atoms with Gasteiger partial charge in [0.15, 0.2) is 0 Å². The second-order valence-corrected chi connectivity index (χ2v) is 5.74. The van der Waals surface area contributed by atoms with Gasteiger partial charge in [-0.25, -0.2) is 9.97 Å². The quantitative estimate of drug-likeness (QED) is 0.865. The minimum Gasteiger partial charge on any atom is -0.293 e. The van der Waals surface area contributed by atoms with Crippen LogP contribution in [0, 0.1) is 0 Å². The summed E-state index contributed by atoms with van der Waals surface area (Å²) in [6.45, 7) is 0. The van der Waals surface area contributed by atoms with Crippen LogP contribution in [-0.2, 0) is 11.2 Å². The molecule has 1 atom stereocenters. The van der Waals surface area contributed by atoms with Crippen LogP contribution < -0.4 is 5.32 Å². The third kappa shape index (κ3) is 2.72. The number of thioether (sulfide) groups is 1. The van der Waals surface area contributed by atoms with E-state index in [-0.39, 0.29) is 17.1 Å². The Hall–Kier alpha value is -1.59. The Bertz CT molecular complexity index is 610. The summed E-state index contributed by atoms with van der Waals surface area (Å²) in [6.07, 6.45) is 2.24. The highest BCUT2D eigenvalue weighted by Crippen LogP contribution is 2.37. The molecule has 0 radical (unpaired) electrons. The van der Waals surface area contributed by atoms with E-state index in [1.807, 2.05) is 24.3 Å². The Kier molecular flexibility index (Phi) is 3.40. The van der Waals surface area contributed by atoms with Crippen LogP contribution in [0.5, 0.6) is 0 Å². The van der Waals surface area contributed by atoms with Gasteiger partial charge in [0.05, 0.1) is 5.25 Å². The summed E-state index contributed by atoms with van der Waals surface area (Å²) < 4.78 is 0. The number of carbonyl (C=O) groups excluding carboxylic acids is 1.